The second kappa shape index (κ2) is 22.5. The van der Waals surface area contributed by atoms with Crippen LogP contribution in [0.4, 0.5) is 0 Å². The largest absolute Gasteiger partial charge is 0.393 e. The number of aliphatic hydroxyl groups is 1. The maximum atomic E-state index is 8.64. The van der Waals surface area contributed by atoms with E-state index in [1.807, 2.05) is 34.7 Å². The molecule has 0 amide bonds. The summed E-state index contributed by atoms with van der Waals surface area (Å²) < 4.78 is 0. The molecule has 0 saturated carbocycles. The third-order valence-electron chi connectivity index (χ3n) is 0.812. The molecule has 0 radical (unpaired) electrons. The van der Waals surface area contributed by atoms with Gasteiger partial charge in [-0.05, 0) is 26.9 Å². The third-order valence-corrected chi connectivity index (χ3v) is 0.812. The van der Waals surface area contributed by atoms with Crippen molar-refractivity contribution in [3.8, 4) is 0 Å². The summed E-state index contributed by atoms with van der Waals surface area (Å²) in [5.41, 5.74) is 0. The van der Waals surface area contributed by atoms with Gasteiger partial charge in [0.25, 0.3) is 0 Å². The first-order chi connectivity index (χ1) is 5.27. The zero-order valence-electron chi connectivity index (χ0n) is 8.94. The predicted molar refractivity (Wildman–Crippen MR) is 52.9 cm³/mol. The van der Waals surface area contributed by atoms with E-state index in [-0.39, 0.29) is 6.10 Å². The van der Waals surface area contributed by atoms with E-state index in [9.17, 15) is 0 Å². The van der Waals surface area contributed by atoms with Gasteiger partial charge in [-0.15, -0.1) is 0 Å². The molecule has 0 heterocycles. The number of hydrogen-bond acceptors (Lipinski definition) is 2. The summed E-state index contributed by atoms with van der Waals surface area (Å²) in [5.74, 6) is 0. The van der Waals surface area contributed by atoms with Crippen LogP contribution in [0.5, 0.6) is 0 Å². The van der Waals surface area contributed by atoms with Crippen LogP contribution in [0.2, 0.25) is 0 Å². The Balaban J connectivity index is -0.000000138. The molecule has 0 aromatic heterocycles. The third kappa shape index (κ3) is 40.5. The maximum Gasteiger partial charge on any atom is 0.0524 e. The summed E-state index contributed by atoms with van der Waals surface area (Å²) in [6, 6.07) is 0. The molecule has 0 saturated heterocycles. The fourth-order valence-corrected chi connectivity index (χ4v) is 0.353. The Morgan fingerprint density at radius 1 is 1.18 bits per heavy atom. The number of rotatable bonds is 3. The van der Waals surface area contributed by atoms with Crippen molar-refractivity contribution in [3.63, 3.8) is 0 Å². The van der Waals surface area contributed by atoms with Crippen LogP contribution in [0.15, 0.2) is 0 Å². The molecule has 0 aliphatic rings. The lowest BCUT2D eigenvalue weighted by atomic mass is 10.3. The highest BCUT2D eigenvalue weighted by molar-refractivity contribution is 4.46. The highest BCUT2D eigenvalue weighted by Gasteiger charge is 1.89. The molecule has 2 nitrogen and oxygen atoms in total. The maximum absolute atomic E-state index is 8.64. The van der Waals surface area contributed by atoms with Crippen LogP contribution < -0.4 is 5.32 Å². The highest BCUT2D eigenvalue weighted by atomic mass is 16.3. The summed E-state index contributed by atoms with van der Waals surface area (Å²) in [4.78, 5) is 0. The molecule has 0 spiro atoms. The Kier molecular flexibility index (Phi) is 35.1. The van der Waals surface area contributed by atoms with Crippen molar-refractivity contribution in [1.82, 2.24) is 5.32 Å². The zero-order chi connectivity index (χ0) is 9.70. The van der Waals surface area contributed by atoms with Crippen molar-refractivity contribution in [2.24, 2.45) is 0 Å². The Hall–Kier alpha value is -0.0800. The van der Waals surface area contributed by atoms with E-state index < -0.39 is 0 Å². The first-order valence-corrected chi connectivity index (χ1v) is 4.60. The Bertz CT molecular complexity index is 38.5. The van der Waals surface area contributed by atoms with E-state index in [0.717, 1.165) is 13.0 Å². The Labute approximate surface area is 72.0 Å². The topological polar surface area (TPSA) is 32.3 Å². The quantitative estimate of drug-likeness (QED) is 0.667. The lowest BCUT2D eigenvalue weighted by molar-refractivity contribution is 0.184. The van der Waals surface area contributed by atoms with Crippen LogP contribution in [0.3, 0.4) is 0 Å². The molecule has 0 rings (SSSR count). The van der Waals surface area contributed by atoms with Crippen LogP contribution >= 0.6 is 0 Å². The van der Waals surface area contributed by atoms with Crippen molar-refractivity contribution in [1.29, 1.82) is 0 Å². The monoisotopic (exact) mass is 163 g/mol. The molecule has 72 valence electrons. The van der Waals surface area contributed by atoms with Gasteiger partial charge >= 0.3 is 0 Å². The highest BCUT2D eigenvalue weighted by Crippen LogP contribution is 1.83. The smallest absolute Gasteiger partial charge is 0.0524 e. The lowest BCUT2D eigenvalue weighted by Gasteiger charge is -1.99. The van der Waals surface area contributed by atoms with Crippen LogP contribution in [0.25, 0.3) is 0 Å². The second-order valence-electron chi connectivity index (χ2n) is 1.74. The van der Waals surface area contributed by atoms with Crippen LogP contribution in [0, 0.1) is 0 Å². The molecule has 1 atom stereocenters. The van der Waals surface area contributed by atoms with Crippen molar-refractivity contribution in [2.75, 3.05) is 13.6 Å². The van der Waals surface area contributed by atoms with Gasteiger partial charge in [0.15, 0.2) is 0 Å². The van der Waals surface area contributed by atoms with Gasteiger partial charge in [0.2, 0.25) is 0 Å². The first-order valence-electron chi connectivity index (χ1n) is 4.60. The van der Waals surface area contributed by atoms with Crippen LogP contribution in [-0.4, -0.2) is 24.8 Å². The summed E-state index contributed by atoms with van der Waals surface area (Å²) >= 11 is 0. The van der Waals surface area contributed by atoms with E-state index in [0.29, 0.717) is 0 Å². The van der Waals surface area contributed by atoms with Gasteiger partial charge in [0, 0.05) is 0 Å². The van der Waals surface area contributed by atoms with Crippen LogP contribution in [-0.2, 0) is 0 Å². The van der Waals surface area contributed by atoms with Crippen molar-refractivity contribution in [3.05, 3.63) is 0 Å². The minimum Gasteiger partial charge on any atom is -0.393 e. The summed E-state index contributed by atoms with van der Waals surface area (Å²) in [5, 5.41) is 11.6. The summed E-state index contributed by atoms with van der Waals surface area (Å²) in [6.45, 7) is 10.7. The molecule has 0 aromatic rings. The molecule has 0 bridgehead atoms. The zero-order valence-corrected chi connectivity index (χ0v) is 8.94. The van der Waals surface area contributed by atoms with E-state index in [1.165, 1.54) is 0 Å². The summed E-state index contributed by atoms with van der Waals surface area (Å²) in [6.07, 6.45) is 0.684. The molecule has 2 heteroatoms. The van der Waals surface area contributed by atoms with Gasteiger partial charge in [-0.2, -0.15) is 0 Å². The number of hydrogen-bond donors (Lipinski definition) is 2. The van der Waals surface area contributed by atoms with Crippen LogP contribution in [0.1, 0.15) is 41.0 Å². The first kappa shape index (κ1) is 17.1. The van der Waals surface area contributed by atoms with Crippen molar-refractivity contribution >= 4 is 0 Å². The van der Waals surface area contributed by atoms with E-state index >= 15 is 0 Å². The lowest BCUT2D eigenvalue weighted by Crippen LogP contribution is -2.13. The van der Waals surface area contributed by atoms with Gasteiger partial charge in [-0.1, -0.05) is 27.7 Å². The molecule has 0 fully saturated rings. The SMILES string of the molecule is CC.CC.CNCCC(C)O. The van der Waals surface area contributed by atoms with E-state index in [2.05, 4.69) is 5.32 Å². The second-order valence-corrected chi connectivity index (χ2v) is 1.74. The van der Waals surface area contributed by atoms with Gasteiger partial charge < -0.3 is 10.4 Å². The van der Waals surface area contributed by atoms with Gasteiger partial charge in [-0.25, -0.2) is 0 Å². The molecule has 0 aromatic carbocycles. The average Bonchev–Trinajstić information content (AvgIpc) is 2.08. The Morgan fingerprint density at radius 2 is 1.55 bits per heavy atom. The summed E-state index contributed by atoms with van der Waals surface area (Å²) in [7, 11) is 1.88. The van der Waals surface area contributed by atoms with Crippen molar-refractivity contribution in [2.45, 2.75) is 47.1 Å². The Morgan fingerprint density at radius 3 is 1.64 bits per heavy atom. The number of aliphatic hydroxyl groups excluding tert-OH is 1. The van der Waals surface area contributed by atoms with Gasteiger partial charge in [-0.3, -0.25) is 0 Å². The fourth-order valence-electron chi connectivity index (χ4n) is 0.353. The normalized spacial score (nSPS) is 10.1. The van der Waals surface area contributed by atoms with E-state index in [1.54, 1.807) is 6.92 Å². The van der Waals surface area contributed by atoms with Gasteiger partial charge in [0.1, 0.15) is 0 Å². The molecule has 2 N–H and O–H groups in total. The fraction of sp³-hybridized carbons (Fsp3) is 1.00. The molecule has 11 heavy (non-hydrogen) atoms. The molecular weight excluding hydrogens is 138 g/mol. The molecule has 0 aliphatic heterocycles. The van der Waals surface area contributed by atoms with Crippen molar-refractivity contribution < 1.29 is 5.11 Å². The molecule has 0 aliphatic carbocycles. The molecular formula is C9H25NO. The van der Waals surface area contributed by atoms with Gasteiger partial charge in [0.05, 0.1) is 6.10 Å². The number of nitrogens with one attached hydrogen (secondary N) is 1. The average molecular weight is 163 g/mol. The molecule has 1 unspecified atom stereocenters. The predicted octanol–water partition coefficient (Wildman–Crippen LogP) is 2.03. The minimum atomic E-state index is -0.160. The minimum absolute atomic E-state index is 0.160. The van der Waals surface area contributed by atoms with E-state index in [4.69, 9.17) is 5.11 Å². The standard InChI is InChI=1S/C5H13NO.2C2H6/c1-5(7)3-4-6-2;2*1-2/h5-7H,3-4H2,1-2H3;2*1-2H3.